The van der Waals surface area contributed by atoms with E-state index in [1.54, 1.807) is 23.1 Å². The summed E-state index contributed by atoms with van der Waals surface area (Å²) in [6, 6.07) is 7.63. The number of nitrogens with one attached hydrogen (secondary N) is 1. The van der Waals surface area contributed by atoms with E-state index in [0.29, 0.717) is 23.6 Å². The van der Waals surface area contributed by atoms with E-state index in [1.165, 1.54) is 0 Å². The third-order valence-corrected chi connectivity index (χ3v) is 4.14. The molecule has 6 nitrogen and oxygen atoms in total. The van der Waals surface area contributed by atoms with Crippen molar-refractivity contribution in [2.75, 3.05) is 5.32 Å². The first-order chi connectivity index (χ1) is 12.1. The van der Waals surface area contributed by atoms with Crippen molar-refractivity contribution in [2.45, 2.75) is 39.8 Å². The molecule has 0 unspecified atom stereocenters. The predicted molar refractivity (Wildman–Crippen MR) is 99.6 cm³/mol. The first-order valence-electron chi connectivity index (χ1n) is 8.41. The van der Waals surface area contributed by atoms with Gasteiger partial charge in [0.05, 0.1) is 12.8 Å². The molecule has 0 bridgehead atoms. The Kier molecular flexibility index (Phi) is 4.97. The average molecular weight is 338 g/mol. The van der Waals surface area contributed by atoms with Gasteiger partial charge in [-0.2, -0.15) is 0 Å². The Bertz CT molecular complexity index is 942. The van der Waals surface area contributed by atoms with Gasteiger partial charge in [0.1, 0.15) is 22.8 Å². The summed E-state index contributed by atoms with van der Waals surface area (Å²) in [4.78, 5) is 22.1. The molecule has 3 aromatic rings. The van der Waals surface area contributed by atoms with Gasteiger partial charge in [-0.25, -0.2) is 4.98 Å². The number of nitrogens with zero attached hydrogens (tertiary/aromatic N) is 3. The highest BCUT2D eigenvalue weighted by molar-refractivity contribution is 5.86. The number of aryl methyl sites for hydroxylation is 1. The quantitative estimate of drug-likeness (QED) is 0.699. The van der Waals surface area contributed by atoms with E-state index in [4.69, 9.17) is 4.42 Å². The van der Waals surface area contributed by atoms with Crippen LogP contribution in [-0.4, -0.2) is 21.6 Å². The van der Waals surface area contributed by atoms with Gasteiger partial charge in [-0.1, -0.05) is 13.0 Å². The van der Waals surface area contributed by atoms with Crippen molar-refractivity contribution in [2.24, 2.45) is 4.99 Å². The first-order valence-corrected chi connectivity index (χ1v) is 8.41. The van der Waals surface area contributed by atoms with Gasteiger partial charge in [0.2, 0.25) is 0 Å². The Labute approximate surface area is 146 Å². The second kappa shape index (κ2) is 7.34. The van der Waals surface area contributed by atoms with E-state index in [-0.39, 0.29) is 11.6 Å². The monoisotopic (exact) mass is 338 g/mol. The summed E-state index contributed by atoms with van der Waals surface area (Å²) in [7, 11) is 0. The molecule has 0 aliphatic rings. The number of anilines is 1. The molecule has 3 rings (SSSR count). The molecular formula is C19H22N4O2. The molecule has 0 spiro atoms. The van der Waals surface area contributed by atoms with Crippen LogP contribution in [0.25, 0.3) is 5.65 Å². The van der Waals surface area contributed by atoms with Gasteiger partial charge in [-0.15, -0.1) is 0 Å². The van der Waals surface area contributed by atoms with Gasteiger partial charge in [-0.3, -0.25) is 14.2 Å². The molecule has 130 valence electrons. The highest BCUT2D eigenvalue weighted by Gasteiger charge is 2.13. The molecule has 3 heterocycles. The van der Waals surface area contributed by atoms with Crippen LogP contribution < -0.4 is 10.9 Å². The fourth-order valence-corrected chi connectivity index (χ4v) is 2.45. The average Bonchev–Trinajstić information content (AvgIpc) is 3.13. The van der Waals surface area contributed by atoms with Crippen LogP contribution in [0.5, 0.6) is 0 Å². The number of fused-ring (bicyclic) bond motifs is 1. The molecule has 0 amide bonds. The van der Waals surface area contributed by atoms with Crippen LogP contribution in [0.3, 0.4) is 0 Å². The molecule has 25 heavy (non-hydrogen) atoms. The van der Waals surface area contributed by atoms with Gasteiger partial charge in [0.15, 0.2) is 0 Å². The second-order valence-corrected chi connectivity index (χ2v) is 6.03. The van der Waals surface area contributed by atoms with E-state index in [1.807, 2.05) is 38.1 Å². The minimum absolute atomic E-state index is 0.136. The number of hydrogen-bond acceptors (Lipinski definition) is 5. The normalized spacial score (nSPS) is 12.8. The summed E-state index contributed by atoms with van der Waals surface area (Å²) in [6.07, 6.45) is 5.89. The Morgan fingerprint density at radius 2 is 2.24 bits per heavy atom. The standard InChI is InChI=1S/C19H22N4O2/c1-4-14(3)20-12-16-17(21-11-15-8-6-10-25-15)22-18-13(2)7-5-9-23(18)19(16)24/h5-10,12,14,21H,4,11H2,1-3H3/t14-/m1/s1. The third kappa shape index (κ3) is 3.63. The first kappa shape index (κ1) is 17.0. The van der Waals surface area contributed by atoms with Crippen LogP contribution in [0.1, 0.15) is 37.2 Å². The summed E-state index contributed by atoms with van der Waals surface area (Å²) >= 11 is 0. The van der Waals surface area contributed by atoms with Crippen LogP contribution >= 0.6 is 0 Å². The lowest BCUT2D eigenvalue weighted by atomic mass is 10.2. The SMILES string of the molecule is CC[C@@H](C)N=Cc1c(NCc2ccco2)nc2c(C)cccn2c1=O. The topological polar surface area (TPSA) is 71.9 Å². The van der Waals surface area contributed by atoms with E-state index >= 15 is 0 Å². The molecule has 0 radical (unpaired) electrons. The van der Waals surface area contributed by atoms with E-state index < -0.39 is 0 Å². The molecule has 0 aliphatic heterocycles. The lowest BCUT2D eigenvalue weighted by molar-refractivity contribution is 0.518. The predicted octanol–water partition coefficient (Wildman–Crippen LogP) is 3.43. The fraction of sp³-hybridized carbons (Fsp3) is 0.316. The number of aromatic nitrogens is 2. The Morgan fingerprint density at radius 1 is 1.40 bits per heavy atom. The molecule has 0 saturated heterocycles. The zero-order chi connectivity index (χ0) is 17.8. The van der Waals surface area contributed by atoms with Crippen molar-refractivity contribution in [1.29, 1.82) is 0 Å². The number of rotatable bonds is 6. The number of pyridine rings is 1. The minimum atomic E-state index is -0.136. The number of hydrogen-bond donors (Lipinski definition) is 1. The smallest absolute Gasteiger partial charge is 0.268 e. The summed E-state index contributed by atoms with van der Waals surface area (Å²) in [5.74, 6) is 1.29. The zero-order valence-electron chi connectivity index (χ0n) is 14.7. The van der Waals surface area contributed by atoms with Gasteiger partial charge >= 0.3 is 0 Å². The molecule has 0 aromatic carbocycles. The van der Waals surface area contributed by atoms with Crippen molar-refractivity contribution < 1.29 is 4.42 Å². The second-order valence-electron chi connectivity index (χ2n) is 6.03. The van der Waals surface area contributed by atoms with Crippen molar-refractivity contribution in [3.63, 3.8) is 0 Å². The number of aliphatic imine (C=N–C) groups is 1. The minimum Gasteiger partial charge on any atom is -0.467 e. The van der Waals surface area contributed by atoms with Crippen LogP contribution in [0.15, 0.2) is 50.9 Å². The lowest BCUT2D eigenvalue weighted by Crippen LogP contribution is -2.23. The summed E-state index contributed by atoms with van der Waals surface area (Å²) in [6.45, 7) is 6.46. The van der Waals surface area contributed by atoms with Crippen molar-refractivity contribution in [3.05, 3.63) is 64.0 Å². The molecule has 0 aliphatic carbocycles. The largest absolute Gasteiger partial charge is 0.467 e. The van der Waals surface area contributed by atoms with Crippen LogP contribution in [-0.2, 0) is 6.54 Å². The van der Waals surface area contributed by atoms with Crippen LogP contribution in [0, 0.1) is 6.92 Å². The molecule has 0 saturated carbocycles. The summed E-state index contributed by atoms with van der Waals surface area (Å²) < 4.78 is 6.91. The third-order valence-electron chi connectivity index (χ3n) is 4.14. The van der Waals surface area contributed by atoms with Gasteiger partial charge in [0.25, 0.3) is 5.56 Å². The summed E-state index contributed by atoms with van der Waals surface area (Å²) in [5.41, 5.74) is 1.89. The molecule has 6 heteroatoms. The van der Waals surface area contributed by atoms with E-state index in [9.17, 15) is 4.79 Å². The van der Waals surface area contributed by atoms with Crippen LogP contribution in [0.4, 0.5) is 5.82 Å². The van der Waals surface area contributed by atoms with Crippen molar-refractivity contribution >= 4 is 17.7 Å². The van der Waals surface area contributed by atoms with E-state index in [2.05, 4.69) is 22.2 Å². The number of furan rings is 1. The van der Waals surface area contributed by atoms with Gasteiger partial charge in [0, 0.05) is 18.5 Å². The van der Waals surface area contributed by atoms with E-state index in [0.717, 1.165) is 17.7 Å². The highest BCUT2D eigenvalue weighted by Crippen LogP contribution is 2.14. The Hall–Kier alpha value is -2.89. The maximum absolute atomic E-state index is 12.9. The maximum Gasteiger partial charge on any atom is 0.268 e. The Morgan fingerprint density at radius 3 is 2.96 bits per heavy atom. The van der Waals surface area contributed by atoms with Crippen molar-refractivity contribution in [1.82, 2.24) is 9.38 Å². The maximum atomic E-state index is 12.9. The summed E-state index contributed by atoms with van der Waals surface area (Å²) in [5, 5.41) is 3.21. The molecule has 1 N–H and O–H groups in total. The van der Waals surface area contributed by atoms with Gasteiger partial charge < -0.3 is 9.73 Å². The molecule has 0 fully saturated rings. The zero-order valence-corrected chi connectivity index (χ0v) is 14.7. The fourth-order valence-electron chi connectivity index (χ4n) is 2.45. The van der Waals surface area contributed by atoms with Crippen molar-refractivity contribution in [3.8, 4) is 0 Å². The molecule has 1 atom stereocenters. The van der Waals surface area contributed by atoms with Gasteiger partial charge in [-0.05, 0) is 44.0 Å². The highest BCUT2D eigenvalue weighted by atomic mass is 16.3. The molecule has 3 aromatic heterocycles. The lowest BCUT2D eigenvalue weighted by Gasteiger charge is -2.11. The Balaban J connectivity index is 2.08. The molecular weight excluding hydrogens is 316 g/mol. The van der Waals surface area contributed by atoms with Crippen LogP contribution in [0.2, 0.25) is 0 Å².